The molecule has 3 aromatic rings. The smallest absolute Gasteiger partial charge is 0.138 e. The molecular formula is C14H12FN3. The van der Waals surface area contributed by atoms with Gasteiger partial charge in [0.15, 0.2) is 0 Å². The summed E-state index contributed by atoms with van der Waals surface area (Å²) in [4.78, 5) is 4.47. The molecule has 0 aliphatic rings. The maximum atomic E-state index is 12.8. The number of fused-ring (bicyclic) bond motifs is 1. The summed E-state index contributed by atoms with van der Waals surface area (Å²) in [6.07, 6.45) is 2.49. The Morgan fingerprint density at radius 3 is 2.61 bits per heavy atom. The van der Waals surface area contributed by atoms with Gasteiger partial charge in [0.1, 0.15) is 17.3 Å². The van der Waals surface area contributed by atoms with Crippen molar-refractivity contribution in [3.8, 4) is 0 Å². The number of nitrogen functional groups attached to an aromatic ring is 1. The van der Waals surface area contributed by atoms with E-state index in [-0.39, 0.29) is 5.82 Å². The fourth-order valence-electron chi connectivity index (χ4n) is 1.99. The molecule has 0 radical (unpaired) electrons. The van der Waals surface area contributed by atoms with E-state index in [2.05, 4.69) is 4.98 Å². The fraction of sp³-hybridized carbons (Fsp3) is 0.0714. The molecule has 0 spiro atoms. The molecule has 0 bridgehead atoms. The van der Waals surface area contributed by atoms with Crippen molar-refractivity contribution in [2.75, 3.05) is 5.73 Å². The Balaban J connectivity index is 1.99. The highest BCUT2D eigenvalue weighted by Gasteiger charge is 2.09. The molecule has 1 aromatic carbocycles. The molecule has 4 heteroatoms. The average molecular weight is 241 g/mol. The van der Waals surface area contributed by atoms with Crippen molar-refractivity contribution in [3.63, 3.8) is 0 Å². The normalized spacial score (nSPS) is 10.9. The molecule has 2 heterocycles. The van der Waals surface area contributed by atoms with Crippen LogP contribution in [0.15, 0.2) is 48.7 Å². The van der Waals surface area contributed by atoms with Crippen LogP contribution in [0.5, 0.6) is 0 Å². The van der Waals surface area contributed by atoms with E-state index in [1.165, 1.54) is 12.1 Å². The summed E-state index contributed by atoms with van der Waals surface area (Å²) in [5.41, 5.74) is 8.67. The van der Waals surface area contributed by atoms with Gasteiger partial charge in [-0.15, -0.1) is 0 Å². The molecule has 3 rings (SSSR count). The Kier molecular flexibility index (Phi) is 2.48. The Hall–Kier alpha value is -2.36. The third kappa shape index (κ3) is 1.82. The van der Waals surface area contributed by atoms with Crippen LogP contribution < -0.4 is 5.73 Å². The second-order valence-electron chi connectivity index (χ2n) is 4.18. The third-order valence-corrected chi connectivity index (χ3v) is 2.93. The molecule has 0 fully saturated rings. The molecule has 3 nitrogen and oxygen atoms in total. The Labute approximate surface area is 104 Å². The van der Waals surface area contributed by atoms with Gasteiger partial charge in [-0.05, 0) is 29.8 Å². The minimum Gasteiger partial charge on any atom is -0.383 e. The van der Waals surface area contributed by atoms with E-state index in [4.69, 9.17) is 5.73 Å². The van der Waals surface area contributed by atoms with Gasteiger partial charge in [-0.2, -0.15) is 0 Å². The molecule has 18 heavy (non-hydrogen) atoms. The van der Waals surface area contributed by atoms with Crippen LogP contribution in [0.4, 0.5) is 10.2 Å². The monoisotopic (exact) mass is 241 g/mol. The molecule has 0 unspecified atom stereocenters. The van der Waals surface area contributed by atoms with Crippen molar-refractivity contribution in [2.24, 2.45) is 0 Å². The lowest BCUT2D eigenvalue weighted by atomic mass is 10.1. The quantitative estimate of drug-likeness (QED) is 0.749. The number of nitrogens with two attached hydrogens (primary N) is 1. The van der Waals surface area contributed by atoms with Crippen LogP contribution >= 0.6 is 0 Å². The van der Waals surface area contributed by atoms with E-state index < -0.39 is 0 Å². The highest BCUT2D eigenvalue weighted by molar-refractivity contribution is 5.53. The lowest BCUT2D eigenvalue weighted by Gasteiger charge is -2.00. The van der Waals surface area contributed by atoms with Crippen LogP contribution in [-0.2, 0) is 6.42 Å². The molecule has 0 aliphatic carbocycles. The molecule has 0 atom stereocenters. The zero-order valence-electron chi connectivity index (χ0n) is 9.68. The molecular weight excluding hydrogens is 229 g/mol. The van der Waals surface area contributed by atoms with Gasteiger partial charge in [0.05, 0.1) is 5.69 Å². The summed E-state index contributed by atoms with van der Waals surface area (Å²) in [6, 6.07) is 12.1. The summed E-state index contributed by atoms with van der Waals surface area (Å²) in [5.74, 6) is 0.400. The first-order valence-electron chi connectivity index (χ1n) is 5.70. The van der Waals surface area contributed by atoms with Crippen molar-refractivity contribution in [3.05, 3.63) is 65.7 Å². The highest BCUT2D eigenvalue weighted by Crippen LogP contribution is 2.18. The van der Waals surface area contributed by atoms with Crippen LogP contribution in [0.25, 0.3) is 5.65 Å². The Morgan fingerprint density at radius 1 is 1.11 bits per heavy atom. The van der Waals surface area contributed by atoms with Gasteiger partial charge in [-0.3, -0.25) is 4.40 Å². The van der Waals surface area contributed by atoms with E-state index in [1.54, 1.807) is 12.1 Å². The number of benzene rings is 1. The predicted molar refractivity (Wildman–Crippen MR) is 68.8 cm³/mol. The van der Waals surface area contributed by atoms with Crippen molar-refractivity contribution in [2.45, 2.75) is 6.42 Å². The average Bonchev–Trinajstić information content (AvgIpc) is 2.70. The topological polar surface area (TPSA) is 43.3 Å². The second kappa shape index (κ2) is 4.14. The largest absolute Gasteiger partial charge is 0.383 e. The molecule has 2 N–H and O–H groups in total. The van der Waals surface area contributed by atoms with E-state index in [0.29, 0.717) is 12.2 Å². The minimum atomic E-state index is -0.235. The second-order valence-corrected chi connectivity index (χ2v) is 4.18. The van der Waals surface area contributed by atoms with Gasteiger partial charge in [0.25, 0.3) is 0 Å². The zero-order chi connectivity index (χ0) is 12.5. The van der Waals surface area contributed by atoms with Crippen molar-refractivity contribution < 1.29 is 4.39 Å². The van der Waals surface area contributed by atoms with Gasteiger partial charge < -0.3 is 5.73 Å². The van der Waals surface area contributed by atoms with E-state index >= 15 is 0 Å². The predicted octanol–water partition coefficient (Wildman–Crippen LogP) is 2.65. The Morgan fingerprint density at radius 2 is 1.89 bits per heavy atom. The van der Waals surface area contributed by atoms with Crippen LogP contribution in [-0.4, -0.2) is 9.38 Å². The SMILES string of the molecule is Nc1c(Cc2ccc(F)cc2)nc2ccccn12. The molecule has 2 aromatic heterocycles. The van der Waals surface area contributed by atoms with E-state index in [0.717, 1.165) is 16.9 Å². The summed E-state index contributed by atoms with van der Waals surface area (Å²) in [6.45, 7) is 0. The lowest BCUT2D eigenvalue weighted by Crippen LogP contribution is -1.97. The first-order valence-corrected chi connectivity index (χ1v) is 5.70. The maximum Gasteiger partial charge on any atom is 0.138 e. The molecule has 0 saturated carbocycles. The van der Waals surface area contributed by atoms with Gasteiger partial charge >= 0.3 is 0 Å². The number of halogens is 1. The van der Waals surface area contributed by atoms with Crippen LogP contribution in [0.1, 0.15) is 11.3 Å². The highest BCUT2D eigenvalue weighted by atomic mass is 19.1. The maximum absolute atomic E-state index is 12.8. The number of hydrogen-bond donors (Lipinski definition) is 1. The first kappa shape index (κ1) is 10.8. The van der Waals surface area contributed by atoms with Gasteiger partial charge in [0.2, 0.25) is 0 Å². The van der Waals surface area contributed by atoms with Crippen molar-refractivity contribution >= 4 is 11.5 Å². The molecule has 90 valence electrons. The summed E-state index contributed by atoms with van der Waals surface area (Å²) in [7, 11) is 0. The lowest BCUT2D eigenvalue weighted by molar-refractivity contribution is 0.627. The number of anilines is 1. The number of aromatic nitrogens is 2. The first-order chi connectivity index (χ1) is 8.74. The van der Waals surface area contributed by atoms with Gasteiger partial charge in [0, 0.05) is 12.6 Å². The number of pyridine rings is 1. The van der Waals surface area contributed by atoms with E-state index in [9.17, 15) is 4.39 Å². The summed E-state index contributed by atoms with van der Waals surface area (Å²) < 4.78 is 14.7. The number of rotatable bonds is 2. The minimum absolute atomic E-state index is 0.235. The van der Waals surface area contributed by atoms with Crippen molar-refractivity contribution in [1.82, 2.24) is 9.38 Å². The number of hydrogen-bond acceptors (Lipinski definition) is 2. The summed E-state index contributed by atoms with van der Waals surface area (Å²) in [5, 5.41) is 0. The molecule has 0 aliphatic heterocycles. The zero-order valence-corrected chi connectivity index (χ0v) is 9.68. The standard InChI is InChI=1S/C14H12FN3/c15-11-6-4-10(5-7-11)9-12-14(16)18-8-2-1-3-13(18)17-12/h1-8H,9,16H2. The van der Waals surface area contributed by atoms with E-state index in [1.807, 2.05) is 28.8 Å². The molecule has 0 saturated heterocycles. The number of nitrogens with zero attached hydrogens (tertiary/aromatic N) is 2. The Bertz CT molecular complexity index is 686. The van der Waals surface area contributed by atoms with Crippen LogP contribution in [0.3, 0.4) is 0 Å². The number of imidazole rings is 1. The molecule has 0 amide bonds. The summed E-state index contributed by atoms with van der Waals surface area (Å²) >= 11 is 0. The third-order valence-electron chi connectivity index (χ3n) is 2.93. The van der Waals surface area contributed by atoms with Gasteiger partial charge in [-0.1, -0.05) is 18.2 Å². The fourth-order valence-corrected chi connectivity index (χ4v) is 1.99. The van der Waals surface area contributed by atoms with Gasteiger partial charge in [-0.25, -0.2) is 9.37 Å². The van der Waals surface area contributed by atoms with Crippen LogP contribution in [0, 0.1) is 5.82 Å². The van der Waals surface area contributed by atoms with Crippen LogP contribution in [0.2, 0.25) is 0 Å². The van der Waals surface area contributed by atoms with Crippen molar-refractivity contribution in [1.29, 1.82) is 0 Å².